The number of alkyl carbamates (subject to hydrolysis) is 1. The number of rotatable bonds is 10. The zero-order valence-corrected chi connectivity index (χ0v) is 13.8. The van der Waals surface area contributed by atoms with E-state index in [0.717, 1.165) is 6.08 Å². The van der Waals surface area contributed by atoms with Crippen molar-refractivity contribution in [2.24, 2.45) is 5.41 Å². The first kappa shape index (κ1) is 20.9. The summed E-state index contributed by atoms with van der Waals surface area (Å²) in [5, 5.41) is 11.9. The van der Waals surface area contributed by atoms with Gasteiger partial charge in [-0.25, -0.2) is 9.59 Å². The minimum atomic E-state index is -1.11. The highest BCUT2D eigenvalue weighted by atomic mass is 16.6. The molecular weight excluding hydrogens is 306 g/mol. The Morgan fingerprint density at radius 2 is 1.83 bits per heavy atom. The average Bonchev–Trinajstić information content (AvgIpc) is 2.53. The van der Waals surface area contributed by atoms with Crippen molar-refractivity contribution in [2.45, 2.75) is 33.3 Å². The summed E-state index contributed by atoms with van der Waals surface area (Å²) in [4.78, 5) is 33.7. The molecule has 0 aromatic carbocycles. The summed E-state index contributed by atoms with van der Waals surface area (Å²) < 4.78 is 14.3. The molecule has 0 saturated heterocycles. The first-order valence-electron chi connectivity index (χ1n) is 7.28. The highest BCUT2D eigenvalue weighted by Crippen LogP contribution is 2.21. The molecule has 0 aromatic rings. The van der Waals surface area contributed by atoms with Crippen LogP contribution in [0.1, 0.15) is 27.2 Å². The third-order valence-corrected chi connectivity index (χ3v) is 3.03. The maximum atomic E-state index is 11.7. The molecule has 8 nitrogen and oxygen atoms in total. The maximum absolute atomic E-state index is 11.7. The molecule has 8 heteroatoms. The van der Waals surface area contributed by atoms with Gasteiger partial charge in [-0.1, -0.05) is 13.5 Å². The van der Waals surface area contributed by atoms with Crippen LogP contribution in [0.15, 0.2) is 12.7 Å². The average molecular weight is 331 g/mol. The molecule has 0 aromatic heterocycles. The molecule has 0 aliphatic carbocycles. The number of carbonyl (C=O) groups is 3. The van der Waals surface area contributed by atoms with E-state index in [4.69, 9.17) is 9.47 Å². The van der Waals surface area contributed by atoms with Crippen LogP contribution < -0.4 is 5.32 Å². The lowest BCUT2D eigenvalue weighted by atomic mass is 9.91. The van der Waals surface area contributed by atoms with Crippen LogP contribution in [0.3, 0.4) is 0 Å². The van der Waals surface area contributed by atoms with Crippen molar-refractivity contribution in [3.05, 3.63) is 12.7 Å². The zero-order chi connectivity index (χ0) is 17.9. The second kappa shape index (κ2) is 10.6. The topological polar surface area (TPSA) is 111 Å². The lowest BCUT2D eigenvalue weighted by Gasteiger charge is -2.21. The second-order valence-corrected chi connectivity index (χ2v) is 5.39. The summed E-state index contributed by atoms with van der Waals surface area (Å²) in [6.07, 6.45) is -0.276. The number of amides is 1. The Morgan fingerprint density at radius 3 is 2.39 bits per heavy atom. The summed E-state index contributed by atoms with van der Waals surface area (Å²) in [7, 11) is 0. The van der Waals surface area contributed by atoms with Crippen LogP contribution >= 0.6 is 0 Å². The van der Waals surface area contributed by atoms with Gasteiger partial charge in [0.05, 0.1) is 12.0 Å². The summed E-state index contributed by atoms with van der Waals surface area (Å²) in [6.45, 7) is 8.03. The van der Waals surface area contributed by atoms with Crippen LogP contribution in [-0.4, -0.2) is 55.6 Å². The van der Waals surface area contributed by atoms with Crippen LogP contribution in [0.5, 0.6) is 0 Å². The zero-order valence-electron chi connectivity index (χ0n) is 13.8. The Kier molecular flexibility index (Phi) is 9.64. The first-order chi connectivity index (χ1) is 10.7. The van der Waals surface area contributed by atoms with E-state index in [2.05, 4.69) is 16.6 Å². The van der Waals surface area contributed by atoms with Gasteiger partial charge in [0.15, 0.2) is 0 Å². The fourth-order valence-electron chi connectivity index (χ4n) is 1.15. The van der Waals surface area contributed by atoms with Gasteiger partial charge in [-0.15, -0.1) is 0 Å². The second-order valence-electron chi connectivity index (χ2n) is 5.39. The number of carbonyl (C=O) groups excluding carboxylic acids is 3. The summed E-state index contributed by atoms with van der Waals surface area (Å²) in [5.41, 5.74) is -0.624. The third kappa shape index (κ3) is 9.51. The van der Waals surface area contributed by atoms with Crippen LogP contribution in [0.25, 0.3) is 0 Å². The van der Waals surface area contributed by atoms with E-state index in [-0.39, 0.29) is 26.4 Å². The summed E-state index contributed by atoms with van der Waals surface area (Å²) in [6, 6.07) is 0. The fourth-order valence-corrected chi connectivity index (χ4v) is 1.15. The molecule has 0 rings (SSSR count). The van der Waals surface area contributed by atoms with E-state index in [1.807, 2.05) is 6.92 Å². The van der Waals surface area contributed by atoms with Crippen molar-refractivity contribution in [1.82, 2.24) is 5.32 Å². The lowest BCUT2D eigenvalue weighted by molar-refractivity contribution is -0.157. The maximum Gasteiger partial charge on any atom is 0.407 e. The van der Waals surface area contributed by atoms with Gasteiger partial charge in [0, 0.05) is 6.08 Å². The van der Waals surface area contributed by atoms with Gasteiger partial charge in [-0.3, -0.25) is 4.79 Å². The molecule has 1 amide bonds. The van der Waals surface area contributed by atoms with Gasteiger partial charge in [0.25, 0.3) is 0 Å². The van der Waals surface area contributed by atoms with Crippen molar-refractivity contribution in [3.63, 3.8) is 0 Å². The van der Waals surface area contributed by atoms with Gasteiger partial charge in [0.2, 0.25) is 0 Å². The molecule has 0 aliphatic heterocycles. The molecule has 0 aliphatic rings. The van der Waals surface area contributed by atoms with E-state index in [1.54, 1.807) is 13.8 Å². The summed E-state index contributed by atoms with van der Waals surface area (Å²) >= 11 is 0. The molecule has 0 fully saturated rings. The Labute approximate surface area is 135 Å². The van der Waals surface area contributed by atoms with Crippen molar-refractivity contribution in [3.8, 4) is 0 Å². The number of esters is 2. The van der Waals surface area contributed by atoms with E-state index >= 15 is 0 Å². The normalized spacial score (nSPS) is 12.0. The number of ether oxygens (including phenoxy) is 3. The lowest BCUT2D eigenvalue weighted by Crippen LogP contribution is -2.34. The van der Waals surface area contributed by atoms with Gasteiger partial charge in [0.1, 0.15) is 25.9 Å². The SMILES string of the molecule is C=CC(=O)OCCNC(=O)OCC(O)COC(=O)C(C)(C)CC. The van der Waals surface area contributed by atoms with Crippen molar-refractivity contribution >= 4 is 18.0 Å². The van der Waals surface area contributed by atoms with Gasteiger partial charge < -0.3 is 24.6 Å². The van der Waals surface area contributed by atoms with Crippen LogP contribution in [0.2, 0.25) is 0 Å². The van der Waals surface area contributed by atoms with Gasteiger partial charge >= 0.3 is 18.0 Å². The molecule has 23 heavy (non-hydrogen) atoms. The highest BCUT2D eigenvalue weighted by Gasteiger charge is 2.27. The Hall–Kier alpha value is -2.09. The standard InChI is InChI=1S/C15H25NO7/c1-5-12(18)21-8-7-16-14(20)23-10-11(17)9-22-13(19)15(3,4)6-2/h5,11,17H,1,6-10H2,2-4H3,(H,16,20). The molecule has 0 spiro atoms. The number of hydrogen-bond acceptors (Lipinski definition) is 7. The molecule has 1 atom stereocenters. The Balaban J connectivity index is 3.82. The molecule has 132 valence electrons. The highest BCUT2D eigenvalue weighted by molar-refractivity contribution is 5.81. The molecule has 0 radical (unpaired) electrons. The van der Waals surface area contributed by atoms with Crippen LogP contribution in [-0.2, 0) is 23.8 Å². The van der Waals surface area contributed by atoms with Gasteiger partial charge in [-0.2, -0.15) is 0 Å². The predicted molar refractivity (Wildman–Crippen MR) is 81.5 cm³/mol. The van der Waals surface area contributed by atoms with E-state index in [0.29, 0.717) is 6.42 Å². The first-order valence-corrected chi connectivity index (χ1v) is 7.28. The molecule has 0 heterocycles. The minimum absolute atomic E-state index is 0.0216. The van der Waals surface area contributed by atoms with E-state index in [1.165, 1.54) is 0 Å². The quantitative estimate of drug-likeness (QED) is 0.263. The van der Waals surface area contributed by atoms with Crippen LogP contribution in [0.4, 0.5) is 4.79 Å². The largest absolute Gasteiger partial charge is 0.462 e. The Morgan fingerprint density at radius 1 is 1.22 bits per heavy atom. The third-order valence-electron chi connectivity index (χ3n) is 3.03. The number of nitrogens with one attached hydrogen (secondary N) is 1. The van der Waals surface area contributed by atoms with E-state index < -0.39 is 29.6 Å². The predicted octanol–water partition coefficient (Wildman–Crippen LogP) is 0.782. The molecule has 0 bridgehead atoms. The number of aliphatic hydroxyl groups excluding tert-OH is 1. The van der Waals surface area contributed by atoms with Crippen molar-refractivity contribution in [2.75, 3.05) is 26.4 Å². The number of aliphatic hydroxyl groups is 1. The monoisotopic (exact) mass is 331 g/mol. The van der Waals surface area contributed by atoms with E-state index in [9.17, 15) is 19.5 Å². The summed E-state index contributed by atoms with van der Waals surface area (Å²) in [5.74, 6) is -1.01. The smallest absolute Gasteiger partial charge is 0.407 e. The fraction of sp³-hybridized carbons (Fsp3) is 0.667. The van der Waals surface area contributed by atoms with Crippen LogP contribution in [0, 0.1) is 5.41 Å². The molecule has 1 unspecified atom stereocenters. The Bertz CT molecular complexity index is 420. The molecule has 0 saturated carbocycles. The molecular formula is C15H25NO7. The minimum Gasteiger partial charge on any atom is -0.462 e. The molecule has 2 N–H and O–H groups in total. The number of hydrogen-bond donors (Lipinski definition) is 2. The van der Waals surface area contributed by atoms with Gasteiger partial charge in [-0.05, 0) is 20.3 Å². The van der Waals surface area contributed by atoms with Crippen molar-refractivity contribution in [1.29, 1.82) is 0 Å². The van der Waals surface area contributed by atoms with Crippen molar-refractivity contribution < 1.29 is 33.7 Å².